The fourth-order valence-corrected chi connectivity index (χ4v) is 5.66. The van der Waals surface area contributed by atoms with Crippen molar-refractivity contribution in [2.75, 3.05) is 10.8 Å². The number of anilines is 1. The zero-order chi connectivity index (χ0) is 28.0. The zero-order valence-corrected chi connectivity index (χ0v) is 24.0. The van der Waals surface area contributed by atoms with Gasteiger partial charge in [0.2, 0.25) is 11.8 Å². The smallest absolute Gasteiger partial charge is 0.264 e. The highest BCUT2D eigenvalue weighted by molar-refractivity contribution is 7.92. The van der Waals surface area contributed by atoms with Gasteiger partial charge in [-0.15, -0.1) is 0 Å². The summed E-state index contributed by atoms with van der Waals surface area (Å²) in [6.07, 6.45) is 0. The van der Waals surface area contributed by atoms with Gasteiger partial charge in [-0.2, -0.15) is 0 Å². The number of carbonyl (C=O) groups excluding carboxylic acids is 2. The van der Waals surface area contributed by atoms with Gasteiger partial charge in [-0.3, -0.25) is 13.9 Å². The van der Waals surface area contributed by atoms with Crippen molar-refractivity contribution in [3.05, 3.63) is 94.0 Å². The van der Waals surface area contributed by atoms with Gasteiger partial charge in [-0.25, -0.2) is 8.42 Å². The lowest BCUT2D eigenvalue weighted by Crippen LogP contribution is -2.52. The number of halogens is 2. The molecule has 0 bridgehead atoms. The van der Waals surface area contributed by atoms with Gasteiger partial charge in [0.15, 0.2) is 0 Å². The number of para-hydroxylation sites is 1. The molecule has 0 radical (unpaired) electrons. The Balaban J connectivity index is 2.02. The summed E-state index contributed by atoms with van der Waals surface area (Å²) in [5.41, 5.74) is 1.80. The van der Waals surface area contributed by atoms with Crippen molar-refractivity contribution in [2.45, 2.75) is 51.2 Å². The van der Waals surface area contributed by atoms with Crippen LogP contribution in [0.1, 0.15) is 31.9 Å². The Kier molecular flexibility index (Phi) is 9.82. The second kappa shape index (κ2) is 12.7. The van der Waals surface area contributed by atoms with Gasteiger partial charge >= 0.3 is 0 Å². The molecule has 3 aromatic carbocycles. The molecule has 0 fully saturated rings. The standard InChI is InChI=1S/C28H31Cl2N3O4S/c1-19(2)31-28(35)21(4)32(17-22-12-13-23(29)16-26(22)30)27(34)18-33(24-8-6-5-7-9-24)38(36,37)25-14-10-20(3)11-15-25/h5-16,19,21H,17-18H2,1-4H3,(H,31,35)/t21-/m1/s1. The van der Waals surface area contributed by atoms with Crippen LogP contribution in [0.25, 0.3) is 0 Å². The van der Waals surface area contributed by atoms with Crippen molar-refractivity contribution in [3.63, 3.8) is 0 Å². The number of rotatable bonds is 10. The lowest BCUT2D eigenvalue weighted by atomic mass is 10.1. The Morgan fingerprint density at radius 1 is 0.921 bits per heavy atom. The van der Waals surface area contributed by atoms with Crippen molar-refractivity contribution in [1.82, 2.24) is 10.2 Å². The van der Waals surface area contributed by atoms with Gasteiger partial charge in [-0.05, 0) is 69.7 Å². The minimum atomic E-state index is -4.11. The topological polar surface area (TPSA) is 86.8 Å². The average Bonchev–Trinajstić information content (AvgIpc) is 2.86. The summed E-state index contributed by atoms with van der Waals surface area (Å²) in [5.74, 6) is -0.937. The van der Waals surface area contributed by atoms with Crippen LogP contribution in [0, 0.1) is 6.92 Å². The van der Waals surface area contributed by atoms with E-state index < -0.39 is 28.5 Å². The van der Waals surface area contributed by atoms with Crippen LogP contribution in [-0.2, 0) is 26.2 Å². The maximum absolute atomic E-state index is 13.8. The van der Waals surface area contributed by atoms with Gasteiger partial charge < -0.3 is 10.2 Å². The minimum absolute atomic E-state index is 0.0191. The summed E-state index contributed by atoms with van der Waals surface area (Å²) in [6.45, 7) is 6.55. The molecule has 7 nitrogen and oxygen atoms in total. The first-order chi connectivity index (χ1) is 17.9. The van der Waals surface area contributed by atoms with Gasteiger partial charge in [-0.1, -0.05) is 65.2 Å². The third-order valence-electron chi connectivity index (χ3n) is 5.89. The van der Waals surface area contributed by atoms with Crippen molar-refractivity contribution in [3.8, 4) is 0 Å². The number of hydrogen-bond donors (Lipinski definition) is 1. The Hall–Kier alpha value is -3.07. The fraction of sp³-hybridized carbons (Fsp3) is 0.286. The monoisotopic (exact) mass is 575 g/mol. The molecule has 0 heterocycles. The molecule has 0 saturated heterocycles. The second-order valence-electron chi connectivity index (χ2n) is 9.26. The van der Waals surface area contributed by atoms with Crippen LogP contribution in [0.4, 0.5) is 5.69 Å². The van der Waals surface area contributed by atoms with Crippen molar-refractivity contribution < 1.29 is 18.0 Å². The molecule has 2 amide bonds. The number of nitrogens with zero attached hydrogens (tertiary/aromatic N) is 2. The van der Waals surface area contributed by atoms with E-state index in [2.05, 4.69) is 5.32 Å². The summed E-state index contributed by atoms with van der Waals surface area (Å²) in [5, 5.41) is 3.58. The summed E-state index contributed by atoms with van der Waals surface area (Å²) >= 11 is 12.4. The second-order valence-corrected chi connectivity index (χ2v) is 12.0. The number of aryl methyl sites for hydroxylation is 1. The van der Waals surface area contributed by atoms with Gasteiger partial charge in [0.25, 0.3) is 10.0 Å². The van der Waals surface area contributed by atoms with Crippen molar-refractivity contribution in [1.29, 1.82) is 0 Å². The summed E-state index contributed by atoms with van der Waals surface area (Å²) in [6, 6.07) is 18.6. The zero-order valence-electron chi connectivity index (χ0n) is 21.7. The van der Waals surface area contributed by atoms with Crippen LogP contribution in [0.3, 0.4) is 0 Å². The molecule has 0 aliphatic rings. The van der Waals surface area contributed by atoms with Gasteiger partial charge in [0.1, 0.15) is 12.6 Å². The highest BCUT2D eigenvalue weighted by atomic mass is 35.5. The molecule has 0 spiro atoms. The predicted molar refractivity (Wildman–Crippen MR) is 152 cm³/mol. The first kappa shape index (κ1) is 29.5. The fourth-order valence-electron chi connectivity index (χ4n) is 3.78. The lowest BCUT2D eigenvalue weighted by molar-refractivity contribution is -0.139. The van der Waals surface area contributed by atoms with Gasteiger partial charge in [0, 0.05) is 22.6 Å². The third-order valence-corrected chi connectivity index (χ3v) is 8.26. The highest BCUT2D eigenvalue weighted by Gasteiger charge is 2.32. The molecule has 0 unspecified atom stereocenters. The number of nitrogens with one attached hydrogen (secondary N) is 1. The SMILES string of the molecule is Cc1ccc(S(=O)(=O)N(CC(=O)N(Cc2ccc(Cl)cc2Cl)[C@H](C)C(=O)NC(C)C)c2ccccc2)cc1. The minimum Gasteiger partial charge on any atom is -0.352 e. The van der Waals surface area contributed by atoms with E-state index in [0.717, 1.165) is 9.87 Å². The van der Waals surface area contributed by atoms with Crippen LogP contribution in [0.5, 0.6) is 0 Å². The number of hydrogen-bond acceptors (Lipinski definition) is 4. The molecule has 0 aromatic heterocycles. The first-order valence-electron chi connectivity index (χ1n) is 12.1. The maximum atomic E-state index is 13.8. The summed E-state index contributed by atoms with van der Waals surface area (Å²) in [7, 11) is -4.11. The molecule has 1 N–H and O–H groups in total. The molecular weight excluding hydrogens is 545 g/mol. The third kappa shape index (κ3) is 7.28. The normalized spacial score (nSPS) is 12.2. The van der Waals surface area contributed by atoms with E-state index in [1.165, 1.54) is 17.0 Å². The number of benzene rings is 3. The Labute approximate surface area is 234 Å². The van der Waals surface area contributed by atoms with E-state index in [1.54, 1.807) is 67.6 Å². The van der Waals surface area contributed by atoms with Crippen LogP contribution in [-0.4, -0.2) is 43.8 Å². The van der Waals surface area contributed by atoms with E-state index in [4.69, 9.17) is 23.2 Å². The number of carbonyl (C=O) groups is 2. The molecule has 0 aliphatic carbocycles. The first-order valence-corrected chi connectivity index (χ1v) is 14.3. The molecule has 0 saturated carbocycles. The molecule has 0 aliphatic heterocycles. The van der Waals surface area contributed by atoms with E-state index in [9.17, 15) is 18.0 Å². The quantitative estimate of drug-likeness (QED) is 0.348. The van der Waals surface area contributed by atoms with Crippen molar-refractivity contribution in [2.24, 2.45) is 0 Å². The van der Waals surface area contributed by atoms with Crippen LogP contribution < -0.4 is 9.62 Å². The largest absolute Gasteiger partial charge is 0.352 e. The summed E-state index contributed by atoms with van der Waals surface area (Å²) in [4.78, 5) is 28.2. The molecule has 38 heavy (non-hydrogen) atoms. The highest BCUT2D eigenvalue weighted by Crippen LogP contribution is 2.26. The van der Waals surface area contributed by atoms with E-state index in [0.29, 0.717) is 21.3 Å². The number of sulfonamides is 1. The molecule has 3 aromatic rings. The maximum Gasteiger partial charge on any atom is 0.264 e. The molecular formula is C28H31Cl2N3O4S. The van der Waals surface area contributed by atoms with Crippen LogP contribution in [0.2, 0.25) is 10.0 Å². The predicted octanol–water partition coefficient (Wildman–Crippen LogP) is 5.44. The Morgan fingerprint density at radius 2 is 1.55 bits per heavy atom. The number of amides is 2. The molecule has 3 rings (SSSR count). The lowest BCUT2D eigenvalue weighted by Gasteiger charge is -2.32. The van der Waals surface area contributed by atoms with Crippen LogP contribution in [0.15, 0.2) is 77.7 Å². The van der Waals surface area contributed by atoms with E-state index in [-0.39, 0.29) is 23.4 Å². The van der Waals surface area contributed by atoms with Crippen molar-refractivity contribution >= 4 is 50.7 Å². The van der Waals surface area contributed by atoms with E-state index >= 15 is 0 Å². The Bertz CT molecular complexity index is 1380. The average molecular weight is 577 g/mol. The van der Waals surface area contributed by atoms with Crippen LogP contribution >= 0.6 is 23.2 Å². The molecule has 202 valence electrons. The van der Waals surface area contributed by atoms with Gasteiger partial charge in [0.05, 0.1) is 10.6 Å². The molecule has 1 atom stereocenters. The van der Waals surface area contributed by atoms with E-state index in [1.807, 2.05) is 20.8 Å². The Morgan fingerprint density at radius 3 is 2.13 bits per heavy atom. The molecule has 10 heteroatoms. The summed E-state index contributed by atoms with van der Waals surface area (Å²) < 4.78 is 28.5.